The lowest BCUT2D eigenvalue weighted by atomic mass is 9.81. The molecule has 1 saturated carbocycles. The Kier molecular flexibility index (Phi) is 5.20. The summed E-state index contributed by atoms with van der Waals surface area (Å²) < 4.78 is 7.61. The first-order valence-electron chi connectivity index (χ1n) is 11.1. The van der Waals surface area contributed by atoms with Crippen molar-refractivity contribution < 1.29 is 9.53 Å². The van der Waals surface area contributed by atoms with Gasteiger partial charge in [-0.05, 0) is 43.7 Å². The molecule has 3 heterocycles. The number of nitrogen functional groups attached to an aromatic ring is 1. The van der Waals surface area contributed by atoms with Gasteiger partial charge >= 0.3 is 0 Å². The fourth-order valence-electron chi connectivity index (χ4n) is 4.90. The highest BCUT2D eigenvalue weighted by Gasteiger charge is 2.28. The Morgan fingerprint density at radius 2 is 2.12 bits per heavy atom. The summed E-state index contributed by atoms with van der Waals surface area (Å²) in [5.41, 5.74) is 9.80. The number of fused-ring (bicyclic) bond motifs is 2. The van der Waals surface area contributed by atoms with E-state index in [0.29, 0.717) is 17.7 Å². The molecule has 3 aromatic heterocycles. The van der Waals surface area contributed by atoms with Crippen LogP contribution in [0.4, 0.5) is 5.82 Å². The zero-order valence-corrected chi connectivity index (χ0v) is 18.4. The van der Waals surface area contributed by atoms with Crippen LogP contribution in [0.15, 0.2) is 36.7 Å². The van der Waals surface area contributed by atoms with Crippen molar-refractivity contribution in [3.05, 3.63) is 42.5 Å². The summed E-state index contributed by atoms with van der Waals surface area (Å²) in [7, 11) is 1.67. The number of amides is 1. The Bertz CT molecular complexity index is 1280. The van der Waals surface area contributed by atoms with E-state index < -0.39 is 0 Å². The third-order valence-corrected chi connectivity index (χ3v) is 6.55. The Hall–Kier alpha value is -3.55. The second-order valence-electron chi connectivity index (χ2n) is 8.61. The summed E-state index contributed by atoms with van der Waals surface area (Å²) >= 11 is 0. The lowest BCUT2D eigenvalue weighted by Crippen LogP contribution is -2.29. The van der Waals surface area contributed by atoms with Gasteiger partial charge in [0, 0.05) is 37.2 Å². The molecule has 1 aromatic carbocycles. The van der Waals surface area contributed by atoms with Crippen LogP contribution >= 0.6 is 0 Å². The molecule has 0 aliphatic heterocycles. The van der Waals surface area contributed by atoms with Gasteiger partial charge in [0.2, 0.25) is 5.91 Å². The Morgan fingerprint density at radius 3 is 2.88 bits per heavy atom. The number of anilines is 1. The van der Waals surface area contributed by atoms with E-state index in [-0.39, 0.29) is 5.91 Å². The monoisotopic (exact) mass is 432 g/mol. The number of ether oxygens (including phenoxy) is 1. The van der Waals surface area contributed by atoms with Crippen LogP contribution in [-0.4, -0.2) is 38.9 Å². The average Bonchev–Trinajstić information content (AvgIpc) is 3.40. The van der Waals surface area contributed by atoms with E-state index in [1.54, 1.807) is 20.2 Å². The molecule has 4 aromatic rings. The number of hydrogen-bond acceptors (Lipinski definition) is 5. The van der Waals surface area contributed by atoms with Crippen LogP contribution in [0.25, 0.3) is 27.8 Å². The van der Waals surface area contributed by atoms with Gasteiger partial charge in [0.05, 0.1) is 18.3 Å². The number of imidazole rings is 1. The number of methoxy groups -OCH3 is 1. The quantitative estimate of drug-likeness (QED) is 0.443. The van der Waals surface area contributed by atoms with E-state index in [0.717, 1.165) is 71.6 Å². The first-order valence-corrected chi connectivity index (χ1v) is 11.1. The number of aromatic nitrogens is 4. The predicted molar refractivity (Wildman–Crippen MR) is 125 cm³/mol. The van der Waals surface area contributed by atoms with E-state index in [2.05, 4.69) is 31.8 Å². The third kappa shape index (κ3) is 3.55. The Balaban J connectivity index is 1.52. The molecule has 0 spiro atoms. The first-order chi connectivity index (χ1) is 15.5. The molecule has 0 saturated heterocycles. The minimum Gasteiger partial charge on any atom is -0.495 e. The van der Waals surface area contributed by atoms with Crippen LogP contribution in [0.1, 0.15) is 44.3 Å². The molecule has 1 amide bonds. The van der Waals surface area contributed by atoms with E-state index in [9.17, 15) is 4.79 Å². The highest BCUT2D eigenvalue weighted by atomic mass is 16.5. The van der Waals surface area contributed by atoms with E-state index >= 15 is 0 Å². The molecule has 0 unspecified atom stereocenters. The maximum Gasteiger partial charge on any atom is 0.216 e. The van der Waals surface area contributed by atoms with Crippen LogP contribution in [0.5, 0.6) is 5.75 Å². The van der Waals surface area contributed by atoms with Crippen molar-refractivity contribution >= 4 is 28.1 Å². The minimum atomic E-state index is 0.0361. The molecule has 0 radical (unpaired) electrons. The van der Waals surface area contributed by atoms with E-state index in [1.807, 2.05) is 18.3 Å². The third-order valence-electron chi connectivity index (χ3n) is 6.55. The fourth-order valence-corrected chi connectivity index (χ4v) is 4.90. The number of nitrogens with two attached hydrogens (primary N) is 1. The molecule has 8 heteroatoms. The molecule has 0 atom stereocenters. The lowest BCUT2D eigenvalue weighted by Gasteiger charge is -2.27. The van der Waals surface area contributed by atoms with Gasteiger partial charge in [-0.3, -0.25) is 9.20 Å². The summed E-state index contributed by atoms with van der Waals surface area (Å²) in [6, 6.07) is 8.05. The van der Waals surface area contributed by atoms with E-state index in [1.165, 1.54) is 0 Å². The predicted octanol–water partition coefficient (Wildman–Crippen LogP) is 3.88. The topological polar surface area (TPSA) is 110 Å². The number of nitrogens with zero attached hydrogens (tertiary/aromatic N) is 3. The number of benzene rings is 1. The Labute approximate surface area is 186 Å². The van der Waals surface area contributed by atoms with Crippen molar-refractivity contribution in [3.8, 4) is 17.1 Å². The second kappa shape index (κ2) is 8.18. The molecule has 8 nitrogen and oxygen atoms in total. The van der Waals surface area contributed by atoms with Gasteiger partial charge in [0.1, 0.15) is 28.6 Å². The SMILES string of the molecule is COc1cccc2cc(-c3nc([C@H]4CC[C@H](CNC(C)=O)CC4)n4ccnc(N)c34)[nH]c12. The zero-order chi connectivity index (χ0) is 22.2. The fraction of sp³-hybridized carbons (Fsp3) is 0.375. The molecule has 0 bridgehead atoms. The normalized spacial score (nSPS) is 18.8. The van der Waals surface area contributed by atoms with Crippen LogP contribution < -0.4 is 15.8 Å². The second-order valence-corrected chi connectivity index (χ2v) is 8.61. The van der Waals surface area contributed by atoms with Crippen molar-refractivity contribution in [2.75, 3.05) is 19.4 Å². The number of rotatable bonds is 5. The highest BCUT2D eigenvalue weighted by Crippen LogP contribution is 2.39. The smallest absolute Gasteiger partial charge is 0.216 e. The standard InChI is InChI=1S/C24H28N6O2/c1-14(31)27-13-15-6-8-16(9-7-15)24-29-21(22-23(25)26-10-11-30(22)24)18-12-17-4-3-5-19(32-2)20(17)28-18/h3-5,10-12,15-16,28H,6-9,13H2,1-2H3,(H2,25,26)(H,27,31)/t15-,16-. The van der Waals surface area contributed by atoms with Crippen molar-refractivity contribution in [3.63, 3.8) is 0 Å². The maximum absolute atomic E-state index is 11.2. The van der Waals surface area contributed by atoms with Crippen molar-refractivity contribution in [1.29, 1.82) is 0 Å². The van der Waals surface area contributed by atoms with Gasteiger partial charge in [-0.2, -0.15) is 0 Å². The molecule has 1 aliphatic rings. The molecular weight excluding hydrogens is 404 g/mol. The molecule has 1 fully saturated rings. The number of para-hydroxylation sites is 1. The number of hydrogen-bond donors (Lipinski definition) is 3. The average molecular weight is 433 g/mol. The number of nitrogens with one attached hydrogen (secondary N) is 2. The summed E-state index contributed by atoms with van der Waals surface area (Å²) in [5.74, 6) is 3.17. The summed E-state index contributed by atoms with van der Waals surface area (Å²) in [5, 5.41) is 4.01. The lowest BCUT2D eigenvalue weighted by molar-refractivity contribution is -0.119. The number of aromatic amines is 1. The molecule has 32 heavy (non-hydrogen) atoms. The van der Waals surface area contributed by atoms with Crippen LogP contribution in [0, 0.1) is 5.92 Å². The largest absolute Gasteiger partial charge is 0.495 e. The van der Waals surface area contributed by atoms with Gasteiger partial charge < -0.3 is 20.8 Å². The van der Waals surface area contributed by atoms with Crippen molar-refractivity contribution in [2.45, 2.75) is 38.5 Å². The van der Waals surface area contributed by atoms with Gasteiger partial charge in [0.15, 0.2) is 0 Å². The summed E-state index contributed by atoms with van der Waals surface area (Å²) in [4.78, 5) is 24.1. The number of carbonyl (C=O) groups is 1. The van der Waals surface area contributed by atoms with Gasteiger partial charge in [0.25, 0.3) is 0 Å². The maximum atomic E-state index is 11.2. The first kappa shape index (κ1) is 20.4. The van der Waals surface area contributed by atoms with Crippen molar-refractivity contribution in [2.24, 2.45) is 5.92 Å². The van der Waals surface area contributed by atoms with Crippen LogP contribution in [-0.2, 0) is 4.79 Å². The number of carbonyl (C=O) groups excluding carboxylic acids is 1. The minimum absolute atomic E-state index is 0.0361. The van der Waals surface area contributed by atoms with E-state index in [4.69, 9.17) is 15.5 Å². The summed E-state index contributed by atoms with van der Waals surface area (Å²) in [6.45, 7) is 2.32. The van der Waals surface area contributed by atoms with Gasteiger partial charge in [-0.15, -0.1) is 0 Å². The zero-order valence-electron chi connectivity index (χ0n) is 18.4. The molecule has 4 N–H and O–H groups in total. The van der Waals surface area contributed by atoms with Gasteiger partial charge in [-0.25, -0.2) is 9.97 Å². The summed E-state index contributed by atoms with van der Waals surface area (Å²) in [6.07, 6.45) is 7.88. The van der Waals surface area contributed by atoms with Crippen molar-refractivity contribution in [1.82, 2.24) is 24.7 Å². The van der Waals surface area contributed by atoms with Gasteiger partial charge in [-0.1, -0.05) is 12.1 Å². The highest BCUT2D eigenvalue weighted by molar-refractivity contribution is 5.93. The van der Waals surface area contributed by atoms with Crippen LogP contribution in [0.3, 0.4) is 0 Å². The molecule has 166 valence electrons. The van der Waals surface area contributed by atoms with Crippen LogP contribution in [0.2, 0.25) is 0 Å². The molecule has 5 rings (SSSR count). The number of H-pyrrole nitrogens is 1. The Morgan fingerprint density at radius 1 is 1.31 bits per heavy atom. The molecular formula is C24H28N6O2. The molecule has 1 aliphatic carbocycles.